The zero-order valence-electron chi connectivity index (χ0n) is 11.8. The Labute approximate surface area is 121 Å². The highest BCUT2D eigenvalue weighted by molar-refractivity contribution is 5.63. The predicted molar refractivity (Wildman–Crippen MR) is 76.4 cm³/mol. The van der Waals surface area contributed by atoms with Gasteiger partial charge >= 0.3 is 0 Å². The summed E-state index contributed by atoms with van der Waals surface area (Å²) in [6.45, 7) is 2.69. The van der Waals surface area contributed by atoms with Crippen LogP contribution in [0.5, 0.6) is 5.75 Å². The quantitative estimate of drug-likeness (QED) is 0.858. The van der Waals surface area contributed by atoms with Crippen molar-refractivity contribution in [2.75, 3.05) is 24.3 Å². The molecule has 2 aromatic rings. The molecule has 0 saturated carbocycles. The first-order valence-corrected chi connectivity index (χ1v) is 6.46. The second kappa shape index (κ2) is 6.83. The average molecular weight is 294 g/mol. The highest BCUT2D eigenvalue weighted by Gasteiger charge is 2.12. The molecule has 5 nitrogen and oxygen atoms in total. The number of aromatic nitrogens is 2. The standard InChI is InChI=1S/C14H16F2N4O/c1-3-17-13-12(21-2)14(20-8-19-13)18-7-9-6-10(15)4-5-11(9)16/h4-6,8H,3,7H2,1-2H3,(H2,17,18,19,20). The van der Waals surface area contributed by atoms with Gasteiger partial charge in [-0.05, 0) is 25.1 Å². The summed E-state index contributed by atoms with van der Waals surface area (Å²) in [4.78, 5) is 8.12. The normalized spacial score (nSPS) is 10.3. The largest absolute Gasteiger partial charge is 0.490 e. The van der Waals surface area contributed by atoms with Crippen LogP contribution in [0.4, 0.5) is 20.4 Å². The summed E-state index contributed by atoms with van der Waals surface area (Å²) in [6.07, 6.45) is 1.37. The van der Waals surface area contributed by atoms with Crippen molar-refractivity contribution in [2.45, 2.75) is 13.5 Å². The summed E-state index contributed by atoms with van der Waals surface area (Å²) in [5.41, 5.74) is 0.209. The molecule has 7 heteroatoms. The van der Waals surface area contributed by atoms with Gasteiger partial charge in [-0.25, -0.2) is 18.7 Å². The van der Waals surface area contributed by atoms with Crippen LogP contribution in [0.3, 0.4) is 0 Å². The zero-order valence-corrected chi connectivity index (χ0v) is 11.8. The summed E-state index contributed by atoms with van der Waals surface area (Å²) in [5, 5.41) is 5.96. The van der Waals surface area contributed by atoms with Gasteiger partial charge in [0.25, 0.3) is 0 Å². The SMILES string of the molecule is CCNc1ncnc(NCc2cc(F)ccc2F)c1OC. The minimum atomic E-state index is -0.490. The molecule has 0 aliphatic carbocycles. The number of halogens is 2. The van der Waals surface area contributed by atoms with E-state index in [1.165, 1.54) is 13.4 Å². The smallest absolute Gasteiger partial charge is 0.204 e. The molecule has 0 amide bonds. The molecule has 112 valence electrons. The van der Waals surface area contributed by atoms with Gasteiger partial charge in [-0.3, -0.25) is 0 Å². The van der Waals surface area contributed by atoms with E-state index in [4.69, 9.17) is 4.74 Å². The van der Waals surface area contributed by atoms with Crippen LogP contribution in [-0.4, -0.2) is 23.6 Å². The van der Waals surface area contributed by atoms with E-state index in [1.54, 1.807) is 0 Å². The molecule has 21 heavy (non-hydrogen) atoms. The van der Waals surface area contributed by atoms with Gasteiger partial charge in [0.15, 0.2) is 11.6 Å². The molecular weight excluding hydrogens is 278 g/mol. The van der Waals surface area contributed by atoms with Crippen molar-refractivity contribution in [1.29, 1.82) is 0 Å². The van der Waals surface area contributed by atoms with E-state index in [0.29, 0.717) is 23.9 Å². The topological polar surface area (TPSA) is 59.1 Å². The molecule has 0 aliphatic heterocycles. The highest BCUT2D eigenvalue weighted by Crippen LogP contribution is 2.29. The van der Waals surface area contributed by atoms with Crippen LogP contribution in [0.25, 0.3) is 0 Å². The van der Waals surface area contributed by atoms with Crippen molar-refractivity contribution in [3.05, 3.63) is 41.7 Å². The molecule has 0 spiro atoms. The Morgan fingerprint density at radius 3 is 2.52 bits per heavy atom. The van der Waals surface area contributed by atoms with Gasteiger partial charge in [-0.1, -0.05) is 0 Å². The number of methoxy groups -OCH3 is 1. The van der Waals surface area contributed by atoms with Crippen molar-refractivity contribution in [2.24, 2.45) is 0 Å². The van der Waals surface area contributed by atoms with Gasteiger partial charge in [0.1, 0.15) is 18.0 Å². The van der Waals surface area contributed by atoms with Gasteiger partial charge in [0.05, 0.1) is 7.11 Å². The maximum Gasteiger partial charge on any atom is 0.204 e. The lowest BCUT2D eigenvalue weighted by atomic mass is 10.2. The Morgan fingerprint density at radius 1 is 1.14 bits per heavy atom. The van der Waals surface area contributed by atoms with Crippen LogP contribution in [0.1, 0.15) is 12.5 Å². The molecule has 2 rings (SSSR count). The van der Waals surface area contributed by atoms with E-state index in [-0.39, 0.29) is 12.1 Å². The number of benzene rings is 1. The van der Waals surface area contributed by atoms with Crippen molar-refractivity contribution in [3.63, 3.8) is 0 Å². The Kier molecular flexibility index (Phi) is 4.86. The van der Waals surface area contributed by atoms with Gasteiger partial charge in [0.2, 0.25) is 5.75 Å². The van der Waals surface area contributed by atoms with Crippen molar-refractivity contribution in [1.82, 2.24) is 9.97 Å². The Balaban J connectivity index is 2.19. The molecule has 1 aromatic heterocycles. The molecule has 0 unspecified atom stereocenters. The molecule has 2 N–H and O–H groups in total. The van der Waals surface area contributed by atoms with Crippen molar-refractivity contribution < 1.29 is 13.5 Å². The molecule has 0 bridgehead atoms. The maximum atomic E-state index is 13.6. The third kappa shape index (κ3) is 3.56. The molecule has 1 heterocycles. The van der Waals surface area contributed by atoms with E-state index < -0.39 is 11.6 Å². The number of rotatable bonds is 6. The van der Waals surface area contributed by atoms with Crippen LogP contribution in [0.2, 0.25) is 0 Å². The zero-order chi connectivity index (χ0) is 15.2. The predicted octanol–water partition coefficient (Wildman–Crippen LogP) is 2.81. The fourth-order valence-electron chi connectivity index (χ4n) is 1.84. The lowest BCUT2D eigenvalue weighted by Crippen LogP contribution is -2.09. The molecular formula is C14H16F2N4O. The van der Waals surface area contributed by atoms with Crippen LogP contribution >= 0.6 is 0 Å². The molecule has 0 aliphatic rings. The summed E-state index contributed by atoms with van der Waals surface area (Å²) >= 11 is 0. The van der Waals surface area contributed by atoms with E-state index in [2.05, 4.69) is 20.6 Å². The monoisotopic (exact) mass is 294 g/mol. The fourth-order valence-corrected chi connectivity index (χ4v) is 1.84. The molecule has 1 aromatic carbocycles. The summed E-state index contributed by atoms with van der Waals surface area (Å²) in [7, 11) is 1.49. The van der Waals surface area contributed by atoms with E-state index in [1.807, 2.05) is 6.92 Å². The third-order valence-electron chi connectivity index (χ3n) is 2.81. The van der Waals surface area contributed by atoms with Gasteiger partial charge in [0, 0.05) is 18.7 Å². The maximum absolute atomic E-state index is 13.6. The number of ether oxygens (including phenoxy) is 1. The second-order valence-corrected chi connectivity index (χ2v) is 4.22. The minimum absolute atomic E-state index is 0.0858. The lowest BCUT2D eigenvalue weighted by molar-refractivity contribution is 0.414. The van der Waals surface area contributed by atoms with E-state index in [0.717, 1.165) is 18.2 Å². The van der Waals surface area contributed by atoms with Gasteiger partial charge in [-0.2, -0.15) is 0 Å². The number of hydrogen-bond acceptors (Lipinski definition) is 5. The fraction of sp³-hybridized carbons (Fsp3) is 0.286. The Bertz CT molecular complexity index is 622. The molecule has 0 radical (unpaired) electrons. The summed E-state index contributed by atoms with van der Waals surface area (Å²) < 4.78 is 32.0. The molecule has 0 atom stereocenters. The minimum Gasteiger partial charge on any atom is -0.490 e. The van der Waals surface area contributed by atoms with Gasteiger partial charge < -0.3 is 15.4 Å². The van der Waals surface area contributed by atoms with E-state index in [9.17, 15) is 8.78 Å². The number of anilines is 2. The van der Waals surface area contributed by atoms with Crippen LogP contribution in [-0.2, 0) is 6.54 Å². The first-order valence-electron chi connectivity index (χ1n) is 6.46. The Hall–Kier alpha value is -2.44. The first kappa shape index (κ1) is 15.0. The second-order valence-electron chi connectivity index (χ2n) is 4.22. The van der Waals surface area contributed by atoms with Gasteiger partial charge in [-0.15, -0.1) is 0 Å². The van der Waals surface area contributed by atoms with Crippen LogP contribution in [0.15, 0.2) is 24.5 Å². The van der Waals surface area contributed by atoms with Crippen molar-refractivity contribution in [3.8, 4) is 5.75 Å². The molecule has 0 saturated heterocycles. The summed E-state index contributed by atoms with van der Waals surface area (Å²) in [5.74, 6) is 0.403. The van der Waals surface area contributed by atoms with Crippen LogP contribution in [0, 0.1) is 11.6 Å². The number of nitrogens with one attached hydrogen (secondary N) is 2. The van der Waals surface area contributed by atoms with E-state index >= 15 is 0 Å². The number of nitrogens with zero attached hydrogens (tertiary/aromatic N) is 2. The Morgan fingerprint density at radius 2 is 1.86 bits per heavy atom. The lowest BCUT2D eigenvalue weighted by Gasteiger charge is -2.13. The highest BCUT2D eigenvalue weighted by atomic mass is 19.1. The average Bonchev–Trinajstić information content (AvgIpc) is 2.48. The number of hydrogen-bond donors (Lipinski definition) is 2. The summed E-state index contributed by atoms with van der Waals surface area (Å²) in [6, 6.07) is 3.31. The third-order valence-corrected chi connectivity index (χ3v) is 2.81. The van der Waals surface area contributed by atoms with Crippen molar-refractivity contribution >= 4 is 11.6 Å². The first-order chi connectivity index (χ1) is 10.2. The molecule has 0 fully saturated rings. The van der Waals surface area contributed by atoms with Crippen LogP contribution < -0.4 is 15.4 Å².